The molecular weight excluding hydrogens is 532 g/mol. The molecule has 0 spiro atoms. The van der Waals surface area contributed by atoms with Gasteiger partial charge in [0.15, 0.2) is 0 Å². The van der Waals surface area contributed by atoms with Crippen LogP contribution in [-0.2, 0) is 0 Å². The third-order valence-electron chi connectivity index (χ3n) is 8.37. The molecule has 0 aliphatic rings. The van der Waals surface area contributed by atoms with Gasteiger partial charge in [-0.25, -0.2) is 0 Å². The Kier molecular flexibility index (Phi) is 37.9. The molecule has 1 unspecified atom stereocenters. The number of rotatable bonds is 34. The summed E-state index contributed by atoms with van der Waals surface area (Å²) in [6.07, 6.45) is 55.6. The first-order valence-electron chi connectivity index (χ1n) is 19.4. The summed E-state index contributed by atoms with van der Waals surface area (Å²) in [4.78, 5) is 5.03. The quantitative estimate of drug-likeness (QED) is 0.0254. The summed E-state index contributed by atoms with van der Waals surface area (Å²) in [5.74, 6) is 0. The first-order chi connectivity index (χ1) is 21.8. The van der Waals surface area contributed by atoms with E-state index in [0.29, 0.717) is 6.04 Å². The van der Waals surface area contributed by atoms with Crippen molar-refractivity contribution < 1.29 is 0 Å². The van der Waals surface area contributed by atoms with E-state index in [0.717, 1.165) is 19.4 Å². The van der Waals surface area contributed by atoms with Gasteiger partial charge in [-0.1, -0.05) is 140 Å². The Hall–Kier alpha value is -1.63. The van der Waals surface area contributed by atoms with Crippen molar-refractivity contribution in [3.8, 4) is 0 Å². The Labute approximate surface area is 277 Å². The monoisotopic (exact) mass is 609 g/mol. The highest BCUT2D eigenvalue weighted by molar-refractivity contribution is 5.57. The Bertz CT molecular complexity index is 722. The molecule has 0 radical (unpaired) electrons. The Morgan fingerprint density at radius 3 is 1.66 bits per heavy atom. The number of allylic oxidation sites excluding steroid dienone is 7. The van der Waals surface area contributed by atoms with Crippen LogP contribution in [0.3, 0.4) is 0 Å². The molecule has 0 aromatic heterocycles. The van der Waals surface area contributed by atoms with Gasteiger partial charge in [0.1, 0.15) is 0 Å². The second-order valence-electron chi connectivity index (χ2n) is 12.8. The molecule has 0 aliphatic heterocycles. The second-order valence-corrected chi connectivity index (χ2v) is 12.8. The lowest BCUT2D eigenvalue weighted by atomic mass is 10.00. The van der Waals surface area contributed by atoms with Crippen LogP contribution in [0.25, 0.3) is 0 Å². The van der Waals surface area contributed by atoms with Gasteiger partial charge in [-0.05, 0) is 115 Å². The summed E-state index contributed by atoms with van der Waals surface area (Å²) in [7, 11) is 2.04. The molecule has 1 N–H and O–H groups in total. The molecule has 2 heteroatoms. The maximum absolute atomic E-state index is 5.03. The molecule has 0 saturated carbocycles. The molecule has 0 bridgehead atoms. The highest BCUT2D eigenvalue weighted by Crippen LogP contribution is 2.17. The van der Waals surface area contributed by atoms with Crippen molar-refractivity contribution in [2.75, 3.05) is 13.6 Å². The fourth-order valence-corrected chi connectivity index (χ4v) is 5.47. The lowest BCUT2D eigenvalue weighted by Crippen LogP contribution is -2.08. The fraction of sp³-hybridized carbons (Fsp3) is 0.762. The Morgan fingerprint density at radius 2 is 1.07 bits per heavy atom. The summed E-state index contributed by atoms with van der Waals surface area (Å²) in [5, 5.41) is 3.25. The average Bonchev–Trinajstić information content (AvgIpc) is 3.03. The van der Waals surface area contributed by atoms with Gasteiger partial charge in [0.2, 0.25) is 0 Å². The molecule has 0 aromatic carbocycles. The molecular formula is C42H76N2. The van der Waals surface area contributed by atoms with Gasteiger partial charge >= 0.3 is 0 Å². The van der Waals surface area contributed by atoms with Crippen molar-refractivity contribution in [3.05, 3.63) is 54.3 Å². The van der Waals surface area contributed by atoms with E-state index in [1.165, 1.54) is 161 Å². The molecule has 44 heavy (non-hydrogen) atoms. The minimum absolute atomic E-state index is 0.550. The molecule has 2 nitrogen and oxygen atoms in total. The predicted molar refractivity (Wildman–Crippen MR) is 202 cm³/mol. The Morgan fingerprint density at radius 1 is 0.545 bits per heavy atom. The fourth-order valence-electron chi connectivity index (χ4n) is 5.47. The zero-order valence-electron chi connectivity index (χ0n) is 30.0. The summed E-state index contributed by atoms with van der Waals surface area (Å²) in [6, 6.07) is 0.550. The normalized spacial score (nSPS) is 12.7. The summed E-state index contributed by atoms with van der Waals surface area (Å²) in [5.41, 5.74) is 3.29. The molecule has 0 rings (SSSR count). The van der Waals surface area contributed by atoms with Gasteiger partial charge in [0.05, 0.1) is 0 Å². The van der Waals surface area contributed by atoms with Gasteiger partial charge < -0.3 is 5.32 Å². The van der Waals surface area contributed by atoms with Crippen LogP contribution in [0.5, 0.6) is 0 Å². The van der Waals surface area contributed by atoms with Crippen molar-refractivity contribution >= 4 is 6.21 Å². The van der Waals surface area contributed by atoms with Crippen molar-refractivity contribution in [3.63, 3.8) is 0 Å². The van der Waals surface area contributed by atoms with E-state index in [1.807, 2.05) is 7.05 Å². The minimum Gasteiger partial charge on any atom is -0.320 e. The van der Waals surface area contributed by atoms with Crippen molar-refractivity contribution in [2.45, 2.75) is 193 Å². The van der Waals surface area contributed by atoms with Crippen LogP contribution in [0.15, 0.2) is 59.3 Å². The predicted octanol–water partition coefficient (Wildman–Crippen LogP) is 13.6. The van der Waals surface area contributed by atoms with Crippen LogP contribution in [-0.4, -0.2) is 25.8 Å². The molecule has 0 aliphatic carbocycles. The van der Waals surface area contributed by atoms with Gasteiger partial charge in [0, 0.05) is 6.04 Å². The molecule has 0 aromatic rings. The maximum Gasteiger partial charge on any atom is 0.0495 e. The van der Waals surface area contributed by atoms with Gasteiger partial charge in [-0.15, -0.1) is 5.73 Å². The minimum atomic E-state index is 0.550. The van der Waals surface area contributed by atoms with Crippen molar-refractivity contribution in [1.82, 2.24) is 5.32 Å². The standard InChI is InChI=1S/C42H76N2/c1-4-6-8-10-12-14-16-18-20-22-24-26-28-30-32-34-38-42(44-41-37-36-40-43-3)39-35-33-31-29-27-25-23-21-19-17-15-13-11-9-7-5-2/h12-14,17-21,41-43H,4-11,16,22-40H2,1-3H3/b14-12-,20-18-,21-19-,44-41+. The first kappa shape index (κ1) is 42.4. The highest BCUT2D eigenvalue weighted by Gasteiger charge is 2.06. The average molecular weight is 609 g/mol. The summed E-state index contributed by atoms with van der Waals surface area (Å²) < 4.78 is 0. The zero-order chi connectivity index (χ0) is 31.9. The topological polar surface area (TPSA) is 24.4 Å². The number of nitrogens with one attached hydrogen (secondary N) is 1. The molecule has 0 saturated heterocycles. The third-order valence-corrected chi connectivity index (χ3v) is 8.37. The number of hydrogen-bond donors (Lipinski definition) is 1. The van der Waals surface area contributed by atoms with E-state index in [9.17, 15) is 0 Å². The molecule has 0 heterocycles. The third kappa shape index (κ3) is 36.6. The van der Waals surface area contributed by atoms with Crippen LogP contribution < -0.4 is 5.32 Å². The molecule has 1 atom stereocenters. The van der Waals surface area contributed by atoms with Crippen LogP contribution in [0.2, 0.25) is 0 Å². The summed E-state index contributed by atoms with van der Waals surface area (Å²) in [6.45, 7) is 5.61. The Balaban J connectivity index is 3.90. The number of aliphatic imine (C=N–C) groups is 1. The molecule has 0 amide bonds. The number of unbranched alkanes of at least 4 members (excludes halogenated alkanes) is 19. The highest BCUT2D eigenvalue weighted by atomic mass is 14.8. The van der Waals surface area contributed by atoms with Gasteiger partial charge in [-0.2, -0.15) is 0 Å². The van der Waals surface area contributed by atoms with Gasteiger partial charge in [-0.3, -0.25) is 4.99 Å². The van der Waals surface area contributed by atoms with Crippen LogP contribution in [0, 0.1) is 0 Å². The van der Waals surface area contributed by atoms with Crippen molar-refractivity contribution in [1.29, 1.82) is 0 Å². The molecule has 254 valence electrons. The lowest BCUT2D eigenvalue weighted by Gasteiger charge is -2.12. The zero-order valence-corrected chi connectivity index (χ0v) is 30.0. The second kappa shape index (κ2) is 39.4. The lowest BCUT2D eigenvalue weighted by molar-refractivity contribution is 0.484. The van der Waals surface area contributed by atoms with E-state index >= 15 is 0 Å². The summed E-state index contributed by atoms with van der Waals surface area (Å²) >= 11 is 0. The van der Waals surface area contributed by atoms with E-state index < -0.39 is 0 Å². The van der Waals surface area contributed by atoms with Crippen molar-refractivity contribution in [2.24, 2.45) is 4.99 Å². The smallest absolute Gasteiger partial charge is 0.0495 e. The molecule has 0 fully saturated rings. The van der Waals surface area contributed by atoms with E-state index in [-0.39, 0.29) is 0 Å². The van der Waals surface area contributed by atoms with Crippen LogP contribution in [0.4, 0.5) is 0 Å². The van der Waals surface area contributed by atoms with Crippen LogP contribution in [0.1, 0.15) is 187 Å². The van der Waals surface area contributed by atoms with Gasteiger partial charge in [0.25, 0.3) is 0 Å². The number of nitrogens with zero attached hydrogens (tertiary/aromatic N) is 1. The maximum atomic E-state index is 5.03. The number of hydrogen-bond acceptors (Lipinski definition) is 2. The van der Waals surface area contributed by atoms with E-state index in [1.54, 1.807) is 0 Å². The van der Waals surface area contributed by atoms with Crippen LogP contribution >= 0.6 is 0 Å². The van der Waals surface area contributed by atoms with E-state index in [2.05, 4.69) is 79.7 Å². The van der Waals surface area contributed by atoms with E-state index in [4.69, 9.17) is 4.99 Å². The largest absolute Gasteiger partial charge is 0.320 e. The first-order valence-corrected chi connectivity index (χ1v) is 19.4. The SMILES string of the molecule is CCCCCC=C=C/C=C\CCCCCCCCC(CCCCCCCC/C=C\C/C=C\CCCCC)/N=C/CCCNC.